The molecule has 11 saturated carbocycles. The zero-order valence-corrected chi connectivity index (χ0v) is 54.1. The van der Waals surface area contributed by atoms with Gasteiger partial charge in [-0.25, -0.2) is 9.59 Å². The summed E-state index contributed by atoms with van der Waals surface area (Å²) in [5, 5.41) is 21.9. The highest BCUT2D eigenvalue weighted by Crippen LogP contribution is 2.89. The Kier molecular flexibility index (Phi) is 16.0. The van der Waals surface area contributed by atoms with E-state index < -0.39 is 0 Å². The Bertz CT molecular complexity index is 2390. The number of hydrogen-bond donors (Lipinski definition) is 2. The normalized spacial score (nSPS) is 48.6. The molecular formula is C69H114Cl2N2O6. The van der Waals surface area contributed by atoms with Gasteiger partial charge in [0.1, 0.15) is 25.3 Å². The van der Waals surface area contributed by atoms with Crippen LogP contribution in [-0.4, -0.2) is 111 Å². The van der Waals surface area contributed by atoms with Gasteiger partial charge in [-0.15, -0.1) is 0 Å². The molecule has 0 bridgehead atoms. The van der Waals surface area contributed by atoms with Crippen LogP contribution in [0, 0.1) is 113 Å². The van der Waals surface area contributed by atoms with Gasteiger partial charge in [-0.3, -0.25) is 0 Å². The predicted octanol–water partition coefficient (Wildman–Crippen LogP) is 7.63. The quantitative estimate of drug-likeness (QED) is 0.112. The van der Waals surface area contributed by atoms with Crippen LogP contribution in [0.1, 0.15) is 204 Å². The number of aliphatic hydroxyl groups is 2. The number of quaternary nitrogens is 2. The van der Waals surface area contributed by atoms with Gasteiger partial charge in [0.2, 0.25) is 0 Å². The fourth-order valence-electron chi connectivity index (χ4n) is 25.7. The van der Waals surface area contributed by atoms with Crippen LogP contribution in [0.4, 0.5) is 0 Å². The molecule has 0 aromatic heterocycles. The van der Waals surface area contributed by atoms with Crippen molar-refractivity contribution in [3.05, 3.63) is 24.3 Å². The molecule has 20 atom stereocenters. The molecule has 11 rings (SSSR count). The Morgan fingerprint density at radius 2 is 0.924 bits per heavy atom. The number of esters is 2. The molecule has 8 unspecified atom stereocenters. The number of aliphatic hydroxyl groups excluding tert-OH is 2. The van der Waals surface area contributed by atoms with Crippen molar-refractivity contribution in [3.8, 4) is 0 Å². The summed E-state index contributed by atoms with van der Waals surface area (Å²) >= 11 is 0. The van der Waals surface area contributed by atoms with Crippen molar-refractivity contribution in [2.75, 3.05) is 67.6 Å². The number of carbonyl (C=O) groups is 2. The van der Waals surface area contributed by atoms with Crippen molar-refractivity contribution >= 4 is 11.9 Å². The third-order valence-electron chi connectivity index (χ3n) is 29.8. The Hall–Kier alpha value is -1.16. The molecule has 0 aromatic rings. The Morgan fingerprint density at radius 1 is 0.481 bits per heavy atom. The molecule has 0 radical (unpaired) electrons. The number of rotatable bonds is 13. The summed E-state index contributed by atoms with van der Waals surface area (Å²) in [6.07, 6.45) is 25.2. The van der Waals surface area contributed by atoms with Crippen LogP contribution in [0.5, 0.6) is 0 Å². The van der Waals surface area contributed by atoms with Gasteiger partial charge in [-0.1, -0.05) is 79.7 Å². The van der Waals surface area contributed by atoms with Gasteiger partial charge in [0.05, 0.1) is 28.2 Å². The SMILES string of the molecule is C=C(C)[C@@H]1CC[C@@]2(CO)CC[C@@]34C[C@]35CCC3C(C)(C)[C@@H](OC(=O)C[N+](C)(C)CC[N+](C)(C)CC(=O)O[C@H]6CC[C@@]7(C)C(CC[C@]8(C)C7CCC7C9[C@H](C(=C)C)CC[C@@]9(CO)CC[C@]78C)C6(C)C)CC[C@]3(C)C5CCC4C12.[Cl-].[Cl-]. The average Bonchev–Trinajstić information content (AvgIpc) is 2.31. The summed E-state index contributed by atoms with van der Waals surface area (Å²) in [5.74, 6) is 5.88. The van der Waals surface area contributed by atoms with E-state index in [-0.39, 0.29) is 92.3 Å². The van der Waals surface area contributed by atoms with Crippen LogP contribution in [-0.2, 0) is 19.1 Å². The molecule has 2 spiro atoms. The van der Waals surface area contributed by atoms with Gasteiger partial charge < -0.3 is 53.5 Å². The van der Waals surface area contributed by atoms with Crippen molar-refractivity contribution in [2.24, 2.45) is 113 Å². The van der Waals surface area contributed by atoms with Gasteiger partial charge in [0.25, 0.3) is 0 Å². The molecule has 8 nitrogen and oxygen atoms in total. The van der Waals surface area contributed by atoms with Crippen molar-refractivity contribution in [2.45, 2.75) is 216 Å². The monoisotopic (exact) mass is 1140 g/mol. The van der Waals surface area contributed by atoms with E-state index in [9.17, 15) is 19.8 Å². The third-order valence-corrected chi connectivity index (χ3v) is 29.8. The molecule has 11 aliphatic rings. The minimum absolute atomic E-state index is 0. The fraction of sp³-hybridized carbons (Fsp3) is 0.913. The van der Waals surface area contributed by atoms with E-state index in [0.29, 0.717) is 93.4 Å². The van der Waals surface area contributed by atoms with E-state index in [1.807, 2.05) is 0 Å². The standard InChI is InChI=1S/C69H114N2O6.2ClH/c1-44(2)46-21-30-66(42-72)34-33-64(11)48(58(46)66)17-19-52-62(9)27-25-54(60(5,6)50(62)23-29-65(52,64)12)76-56(74)39-70(13,14)37-38-71(15,16)40-57(75)77-55-26-28-63(10)51(61(55,7)8)24-32-69-41-68(69)36-35-67(43-73)31-22-47(45(3)4)59(67)49(68)18-20-53(63)69;;/h46-55,58-59,72-73H,1,3,17-43H2,2,4-16H3;2*1H/q+2;;/p-2/t46-,47-,48?,49?,50?,51?,52?,53?,54-,55-,58?,59?,62-,63-,64+,65+,66-,67-,68-,69-;;/m0../s1. The van der Waals surface area contributed by atoms with Gasteiger partial charge in [0.15, 0.2) is 13.1 Å². The van der Waals surface area contributed by atoms with Crippen molar-refractivity contribution < 1.29 is 63.1 Å². The number of fused-ring (bicyclic) bond motifs is 11. The summed E-state index contributed by atoms with van der Waals surface area (Å²) < 4.78 is 14.4. The van der Waals surface area contributed by atoms with Crippen molar-refractivity contribution in [3.63, 3.8) is 0 Å². The number of nitrogens with zero attached hydrogens (tertiary/aromatic N) is 2. The number of allylic oxidation sites excluding steroid dienone is 2. The first-order valence-electron chi connectivity index (χ1n) is 32.4. The topological polar surface area (TPSA) is 93.1 Å². The van der Waals surface area contributed by atoms with Crippen LogP contribution < -0.4 is 24.8 Å². The lowest BCUT2D eigenvalue weighted by Crippen LogP contribution is -3.00. The van der Waals surface area contributed by atoms with Gasteiger partial charge >= 0.3 is 11.9 Å². The molecule has 0 amide bonds. The van der Waals surface area contributed by atoms with Crippen molar-refractivity contribution in [1.82, 2.24) is 0 Å². The molecule has 0 saturated heterocycles. The van der Waals surface area contributed by atoms with E-state index in [4.69, 9.17) is 9.47 Å². The summed E-state index contributed by atoms with van der Waals surface area (Å²) in [6, 6.07) is 0. The molecule has 79 heavy (non-hydrogen) atoms. The number of ether oxygens (including phenoxy) is 2. The van der Waals surface area contributed by atoms with Crippen molar-refractivity contribution in [1.29, 1.82) is 0 Å². The minimum Gasteiger partial charge on any atom is -1.00 e. The molecule has 0 heterocycles. The maximum Gasteiger partial charge on any atom is 0.362 e. The highest BCUT2D eigenvalue weighted by atomic mass is 35.5. The summed E-state index contributed by atoms with van der Waals surface area (Å²) in [6.45, 7) is 36.8. The molecule has 2 N–H and O–H groups in total. The highest BCUT2D eigenvalue weighted by molar-refractivity contribution is 5.71. The Labute approximate surface area is 493 Å². The first kappa shape index (κ1) is 62.4. The second kappa shape index (κ2) is 20.2. The fourth-order valence-corrected chi connectivity index (χ4v) is 25.7. The van der Waals surface area contributed by atoms with Crippen LogP contribution >= 0.6 is 0 Å². The number of likely N-dealkylation sites (N-methyl/N-ethyl adjacent to an activating group) is 2. The molecule has 11 aliphatic carbocycles. The maximum atomic E-state index is 14.2. The lowest BCUT2D eigenvalue weighted by Gasteiger charge is -2.73. The average molecular weight is 1140 g/mol. The molecular weight excluding hydrogens is 1020 g/mol. The van der Waals surface area contributed by atoms with E-state index in [1.165, 1.54) is 107 Å². The van der Waals surface area contributed by atoms with Crippen LogP contribution in [0.2, 0.25) is 0 Å². The molecule has 10 heteroatoms. The summed E-state index contributed by atoms with van der Waals surface area (Å²) in [7, 11) is 8.60. The lowest BCUT2D eigenvalue weighted by atomic mass is 9.32. The van der Waals surface area contributed by atoms with Gasteiger partial charge in [-0.2, -0.15) is 0 Å². The first-order valence-corrected chi connectivity index (χ1v) is 32.4. The number of halogens is 2. The van der Waals surface area contributed by atoms with Crippen LogP contribution in [0.25, 0.3) is 0 Å². The second-order valence-corrected chi connectivity index (χ2v) is 34.4. The van der Waals surface area contributed by atoms with Crippen LogP contribution in [0.15, 0.2) is 24.3 Å². The lowest BCUT2D eigenvalue weighted by molar-refractivity contribution is -0.939. The first-order chi connectivity index (χ1) is 35.8. The largest absolute Gasteiger partial charge is 1.00 e. The van der Waals surface area contributed by atoms with E-state index >= 15 is 0 Å². The number of carbonyl (C=O) groups excluding carboxylic acids is 2. The van der Waals surface area contributed by atoms with E-state index in [1.54, 1.807) is 0 Å². The van der Waals surface area contributed by atoms with Crippen LogP contribution in [0.3, 0.4) is 0 Å². The summed E-state index contributed by atoms with van der Waals surface area (Å²) in [5.41, 5.74) is 4.54. The minimum atomic E-state index is -0.119. The zero-order valence-electron chi connectivity index (χ0n) is 52.6. The molecule has 0 aliphatic heterocycles. The summed E-state index contributed by atoms with van der Waals surface area (Å²) in [4.78, 5) is 28.3. The Morgan fingerprint density at radius 3 is 1.42 bits per heavy atom. The van der Waals surface area contributed by atoms with Gasteiger partial charge in [0, 0.05) is 24.0 Å². The van der Waals surface area contributed by atoms with E-state index in [2.05, 4.69) is 111 Å². The second-order valence-electron chi connectivity index (χ2n) is 34.4. The van der Waals surface area contributed by atoms with Gasteiger partial charge in [-0.05, 0) is 251 Å². The molecule has 0 aromatic carbocycles. The zero-order chi connectivity index (χ0) is 55.7. The molecule has 11 fully saturated rings. The smallest absolute Gasteiger partial charge is 0.362 e. The highest BCUT2D eigenvalue weighted by Gasteiger charge is 2.82. The van der Waals surface area contributed by atoms with E-state index in [0.717, 1.165) is 63.5 Å². The number of hydrogen-bond acceptors (Lipinski definition) is 6. The third kappa shape index (κ3) is 8.91. The Balaban J connectivity index is 0.00000378. The molecule has 450 valence electrons. The predicted molar refractivity (Wildman–Crippen MR) is 309 cm³/mol. The maximum absolute atomic E-state index is 14.2.